The normalized spacial score (nSPS) is 14.0. The molecule has 0 aliphatic carbocycles. The average molecular weight is 351 g/mol. The van der Waals surface area contributed by atoms with E-state index in [4.69, 9.17) is 0 Å². The van der Waals surface area contributed by atoms with Crippen molar-refractivity contribution in [2.75, 3.05) is 28.6 Å². The second-order valence-corrected chi connectivity index (χ2v) is 6.84. The Balaban J connectivity index is 1.56. The Hall–Kier alpha value is -2.82. The van der Waals surface area contributed by atoms with Crippen LogP contribution in [-0.4, -0.2) is 24.9 Å². The zero-order valence-electron chi connectivity index (χ0n) is 15.3. The van der Waals surface area contributed by atoms with E-state index in [1.165, 1.54) is 0 Å². The van der Waals surface area contributed by atoms with E-state index in [-0.39, 0.29) is 18.4 Å². The molecule has 1 saturated heterocycles. The van der Waals surface area contributed by atoms with E-state index in [0.29, 0.717) is 12.3 Å². The first-order chi connectivity index (χ1) is 12.5. The second kappa shape index (κ2) is 8.04. The van der Waals surface area contributed by atoms with Crippen LogP contribution >= 0.6 is 0 Å². The van der Waals surface area contributed by atoms with Crippen molar-refractivity contribution >= 4 is 28.9 Å². The zero-order valence-corrected chi connectivity index (χ0v) is 15.3. The minimum Gasteiger partial charge on any atom is -0.376 e. The number of anilines is 3. The van der Waals surface area contributed by atoms with E-state index in [2.05, 4.69) is 24.5 Å². The molecule has 0 spiro atoms. The summed E-state index contributed by atoms with van der Waals surface area (Å²) in [6.45, 7) is 5.18. The van der Waals surface area contributed by atoms with Gasteiger partial charge in [0, 0.05) is 30.0 Å². The fourth-order valence-electron chi connectivity index (χ4n) is 3.17. The fourth-order valence-corrected chi connectivity index (χ4v) is 3.17. The molecule has 2 N–H and O–H groups in total. The lowest BCUT2D eigenvalue weighted by atomic mass is 10.0. The smallest absolute Gasteiger partial charge is 0.243 e. The lowest BCUT2D eigenvalue weighted by Gasteiger charge is -2.16. The molecule has 2 aromatic carbocycles. The van der Waals surface area contributed by atoms with Crippen molar-refractivity contribution in [2.45, 2.75) is 32.6 Å². The molecule has 5 heteroatoms. The molecule has 5 nitrogen and oxygen atoms in total. The van der Waals surface area contributed by atoms with Gasteiger partial charge in [0.1, 0.15) is 0 Å². The molecule has 0 bridgehead atoms. The van der Waals surface area contributed by atoms with E-state index in [0.717, 1.165) is 35.6 Å². The maximum atomic E-state index is 12.3. The van der Waals surface area contributed by atoms with E-state index in [1.54, 1.807) is 4.90 Å². The van der Waals surface area contributed by atoms with Crippen molar-refractivity contribution in [1.82, 2.24) is 0 Å². The van der Waals surface area contributed by atoms with E-state index < -0.39 is 0 Å². The maximum absolute atomic E-state index is 12.3. The molecular weight excluding hydrogens is 326 g/mol. The minimum atomic E-state index is -0.0862. The van der Waals surface area contributed by atoms with Crippen LogP contribution in [-0.2, 0) is 9.59 Å². The summed E-state index contributed by atoms with van der Waals surface area (Å²) in [5.41, 5.74) is 3.75. The lowest BCUT2D eigenvalue weighted by molar-refractivity contribution is -0.117. The molecule has 2 amide bonds. The van der Waals surface area contributed by atoms with Crippen LogP contribution in [0.3, 0.4) is 0 Å². The first-order valence-electron chi connectivity index (χ1n) is 9.07. The molecule has 136 valence electrons. The highest BCUT2D eigenvalue weighted by Crippen LogP contribution is 2.24. The number of nitrogens with zero attached hydrogens (tertiary/aromatic N) is 1. The van der Waals surface area contributed by atoms with Crippen LogP contribution in [0.15, 0.2) is 48.5 Å². The van der Waals surface area contributed by atoms with E-state index in [9.17, 15) is 9.59 Å². The Labute approximate surface area is 154 Å². The van der Waals surface area contributed by atoms with Crippen molar-refractivity contribution in [3.8, 4) is 0 Å². The van der Waals surface area contributed by atoms with Gasteiger partial charge in [0.2, 0.25) is 11.8 Å². The van der Waals surface area contributed by atoms with Gasteiger partial charge in [-0.2, -0.15) is 0 Å². The Morgan fingerprint density at radius 3 is 2.50 bits per heavy atom. The van der Waals surface area contributed by atoms with Crippen molar-refractivity contribution < 1.29 is 9.59 Å². The number of amides is 2. The van der Waals surface area contributed by atoms with Crippen LogP contribution in [0.4, 0.5) is 17.1 Å². The number of carbonyl (C=O) groups excluding carboxylic acids is 2. The van der Waals surface area contributed by atoms with Crippen LogP contribution in [0, 0.1) is 0 Å². The first-order valence-corrected chi connectivity index (χ1v) is 9.07. The molecule has 1 heterocycles. The Morgan fingerprint density at radius 1 is 1.12 bits per heavy atom. The molecule has 0 saturated carbocycles. The van der Waals surface area contributed by atoms with E-state index in [1.807, 2.05) is 48.5 Å². The SMILES string of the molecule is CC(C)c1ccccc1NC(=O)CNc1ccc(N2CCCC2=O)cc1. The van der Waals surface area contributed by atoms with Crippen molar-refractivity contribution in [2.24, 2.45) is 0 Å². The number of hydrogen-bond donors (Lipinski definition) is 2. The van der Waals surface area contributed by atoms with Gasteiger partial charge in [-0.1, -0.05) is 32.0 Å². The van der Waals surface area contributed by atoms with E-state index >= 15 is 0 Å². The average Bonchev–Trinajstić information content (AvgIpc) is 3.07. The quantitative estimate of drug-likeness (QED) is 0.827. The summed E-state index contributed by atoms with van der Waals surface area (Å²) in [6.07, 6.45) is 1.54. The fraction of sp³-hybridized carbons (Fsp3) is 0.333. The zero-order chi connectivity index (χ0) is 18.5. The summed E-state index contributed by atoms with van der Waals surface area (Å²) < 4.78 is 0. The lowest BCUT2D eigenvalue weighted by Crippen LogP contribution is -2.24. The van der Waals surface area contributed by atoms with Crippen molar-refractivity contribution in [3.63, 3.8) is 0 Å². The second-order valence-electron chi connectivity index (χ2n) is 6.84. The standard InChI is InChI=1S/C21H25N3O2/c1-15(2)18-6-3-4-7-19(18)23-20(25)14-22-16-9-11-17(12-10-16)24-13-5-8-21(24)26/h3-4,6-7,9-12,15,22H,5,8,13-14H2,1-2H3,(H,23,25). The van der Waals surface area contributed by atoms with Crippen LogP contribution in [0.1, 0.15) is 38.2 Å². The third-order valence-electron chi connectivity index (χ3n) is 4.56. The Bertz CT molecular complexity index is 784. The van der Waals surface area contributed by atoms with Gasteiger partial charge < -0.3 is 15.5 Å². The number of hydrogen-bond acceptors (Lipinski definition) is 3. The molecule has 1 aliphatic heterocycles. The number of nitrogens with one attached hydrogen (secondary N) is 2. The summed E-state index contributed by atoms with van der Waals surface area (Å²) in [6, 6.07) is 15.5. The van der Waals surface area contributed by atoms with Crippen molar-refractivity contribution in [1.29, 1.82) is 0 Å². The topological polar surface area (TPSA) is 61.4 Å². The van der Waals surface area contributed by atoms with Gasteiger partial charge in [-0.3, -0.25) is 9.59 Å². The number of carbonyl (C=O) groups is 2. The molecule has 0 radical (unpaired) electrons. The van der Waals surface area contributed by atoms with Gasteiger partial charge >= 0.3 is 0 Å². The molecule has 1 aliphatic rings. The van der Waals surface area contributed by atoms with Gasteiger partial charge in [-0.25, -0.2) is 0 Å². The van der Waals surface area contributed by atoms with Gasteiger partial charge in [0.15, 0.2) is 0 Å². The number of benzene rings is 2. The third kappa shape index (κ3) is 4.23. The van der Waals surface area contributed by atoms with Crippen LogP contribution in [0.25, 0.3) is 0 Å². The summed E-state index contributed by atoms with van der Waals surface area (Å²) in [5, 5.41) is 6.10. The largest absolute Gasteiger partial charge is 0.376 e. The van der Waals surface area contributed by atoms with Crippen LogP contribution in [0.5, 0.6) is 0 Å². The van der Waals surface area contributed by atoms with Crippen LogP contribution in [0.2, 0.25) is 0 Å². The van der Waals surface area contributed by atoms with Gasteiger partial charge in [0.05, 0.1) is 6.54 Å². The molecule has 0 unspecified atom stereocenters. The maximum Gasteiger partial charge on any atom is 0.243 e. The van der Waals surface area contributed by atoms with Gasteiger partial charge in [-0.15, -0.1) is 0 Å². The molecule has 1 fully saturated rings. The minimum absolute atomic E-state index is 0.0862. The van der Waals surface area contributed by atoms with Gasteiger partial charge in [0.25, 0.3) is 0 Å². The Kier molecular flexibility index (Phi) is 5.56. The molecule has 2 aromatic rings. The molecule has 3 rings (SSSR count). The third-order valence-corrected chi connectivity index (χ3v) is 4.56. The first kappa shape index (κ1) is 18.0. The monoisotopic (exact) mass is 351 g/mol. The molecule has 0 aromatic heterocycles. The predicted octanol–water partition coefficient (Wildman–Crippen LogP) is 3.99. The number of para-hydroxylation sites is 1. The summed E-state index contributed by atoms with van der Waals surface area (Å²) in [7, 11) is 0. The Morgan fingerprint density at radius 2 is 1.85 bits per heavy atom. The van der Waals surface area contributed by atoms with Crippen molar-refractivity contribution in [3.05, 3.63) is 54.1 Å². The highest BCUT2D eigenvalue weighted by molar-refractivity contribution is 5.96. The molecule has 26 heavy (non-hydrogen) atoms. The van der Waals surface area contributed by atoms with Gasteiger partial charge in [-0.05, 0) is 48.2 Å². The predicted molar refractivity (Wildman–Crippen MR) is 106 cm³/mol. The number of rotatable bonds is 6. The summed E-state index contributed by atoms with van der Waals surface area (Å²) in [4.78, 5) is 25.8. The highest BCUT2D eigenvalue weighted by atomic mass is 16.2. The summed E-state index contributed by atoms with van der Waals surface area (Å²) >= 11 is 0. The van der Waals surface area contributed by atoms with Crippen LogP contribution < -0.4 is 15.5 Å². The molecular formula is C21H25N3O2. The molecule has 0 atom stereocenters. The summed E-state index contributed by atoms with van der Waals surface area (Å²) in [5.74, 6) is 0.436. The highest BCUT2D eigenvalue weighted by Gasteiger charge is 2.21.